The van der Waals surface area contributed by atoms with Crippen LogP contribution >= 0.6 is 0 Å². The highest BCUT2D eigenvalue weighted by molar-refractivity contribution is 5.31. The minimum atomic E-state index is 0.566. The highest BCUT2D eigenvalue weighted by Gasteiger charge is 2.19. The van der Waals surface area contributed by atoms with E-state index in [0.29, 0.717) is 5.92 Å². The SMILES string of the molecule is c1cnc2nc(C3CCNC3)cn2c1. The summed E-state index contributed by atoms with van der Waals surface area (Å²) in [6.07, 6.45) is 7.03. The summed E-state index contributed by atoms with van der Waals surface area (Å²) in [5, 5.41) is 3.35. The molecule has 0 aliphatic carbocycles. The van der Waals surface area contributed by atoms with Crippen LogP contribution in [0.2, 0.25) is 0 Å². The molecule has 4 nitrogen and oxygen atoms in total. The summed E-state index contributed by atoms with van der Waals surface area (Å²) in [5.74, 6) is 1.37. The van der Waals surface area contributed by atoms with Gasteiger partial charge >= 0.3 is 0 Å². The van der Waals surface area contributed by atoms with Crippen LogP contribution in [0.25, 0.3) is 5.78 Å². The number of aromatic nitrogens is 3. The van der Waals surface area contributed by atoms with Gasteiger partial charge in [0, 0.05) is 31.1 Å². The standard InChI is InChI=1S/C10H12N4/c1-3-12-10-13-9(7-14(10)5-1)8-2-4-11-6-8/h1,3,5,7-8,11H,2,4,6H2. The van der Waals surface area contributed by atoms with Crippen LogP contribution in [0.5, 0.6) is 0 Å². The van der Waals surface area contributed by atoms with Crippen molar-refractivity contribution in [3.63, 3.8) is 0 Å². The van der Waals surface area contributed by atoms with Gasteiger partial charge in [-0.05, 0) is 19.0 Å². The molecule has 1 aliphatic rings. The molecule has 4 heteroatoms. The first-order valence-corrected chi connectivity index (χ1v) is 4.94. The predicted octanol–water partition coefficient (Wildman–Crippen LogP) is 0.806. The number of hydrogen-bond donors (Lipinski definition) is 1. The molecule has 0 bridgehead atoms. The second-order valence-electron chi connectivity index (χ2n) is 3.68. The lowest BCUT2D eigenvalue weighted by Gasteiger charge is -2.00. The zero-order chi connectivity index (χ0) is 9.38. The van der Waals surface area contributed by atoms with Gasteiger partial charge in [-0.15, -0.1) is 0 Å². The minimum absolute atomic E-state index is 0.566. The Kier molecular flexibility index (Phi) is 1.73. The molecule has 0 aromatic carbocycles. The van der Waals surface area contributed by atoms with Crippen molar-refractivity contribution in [3.05, 3.63) is 30.4 Å². The van der Waals surface area contributed by atoms with E-state index in [1.807, 2.05) is 16.7 Å². The molecule has 0 amide bonds. The molecule has 14 heavy (non-hydrogen) atoms. The monoisotopic (exact) mass is 188 g/mol. The second kappa shape index (κ2) is 3.06. The van der Waals surface area contributed by atoms with Crippen LogP contribution in [0.3, 0.4) is 0 Å². The Morgan fingerprint density at radius 1 is 1.50 bits per heavy atom. The third-order valence-corrected chi connectivity index (χ3v) is 2.73. The van der Waals surface area contributed by atoms with Crippen LogP contribution in [0.15, 0.2) is 24.7 Å². The molecular weight excluding hydrogens is 176 g/mol. The lowest BCUT2D eigenvalue weighted by Crippen LogP contribution is -2.08. The third kappa shape index (κ3) is 1.19. The fourth-order valence-electron chi connectivity index (χ4n) is 1.95. The van der Waals surface area contributed by atoms with E-state index in [0.717, 1.165) is 24.6 Å². The van der Waals surface area contributed by atoms with Crippen LogP contribution < -0.4 is 5.32 Å². The van der Waals surface area contributed by atoms with Crippen molar-refractivity contribution < 1.29 is 0 Å². The maximum atomic E-state index is 4.51. The maximum absolute atomic E-state index is 4.51. The van der Waals surface area contributed by atoms with Gasteiger partial charge in [-0.25, -0.2) is 9.97 Å². The smallest absolute Gasteiger partial charge is 0.233 e. The van der Waals surface area contributed by atoms with Crippen molar-refractivity contribution in [2.75, 3.05) is 13.1 Å². The molecule has 72 valence electrons. The van der Waals surface area contributed by atoms with Crippen molar-refractivity contribution in [1.29, 1.82) is 0 Å². The van der Waals surface area contributed by atoms with Crippen molar-refractivity contribution in [2.24, 2.45) is 0 Å². The molecule has 1 unspecified atom stereocenters. The van der Waals surface area contributed by atoms with Crippen molar-refractivity contribution in [2.45, 2.75) is 12.3 Å². The lowest BCUT2D eigenvalue weighted by molar-refractivity contribution is 0.741. The van der Waals surface area contributed by atoms with E-state index in [2.05, 4.69) is 21.5 Å². The van der Waals surface area contributed by atoms with E-state index in [-0.39, 0.29) is 0 Å². The zero-order valence-electron chi connectivity index (χ0n) is 7.85. The van der Waals surface area contributed by atoms with E-state index in [1.165, 1.54) is 6.42 Å². The molecule has 1 aliphatic heterocycles. The van der Waals surface area contributed by atoms with E-state index < -0.39 is 0 Å². The van der Waals surface area contributed by atoms with Crippen LogP contribution in [-0.4, -0.2) is 27.5 Å². The fraction of sp³-hybridized carbons (Fsp3) is 0.400. The van der Waals surface area contributed by atoms with Gasteiger partial charge in [0.1, 0.15) is 0 Å². The number of fused-ring (bicyclic) bond motifs is 1. The number of nitrogens with zero attached hydrogens (tertiary/aromatic N) is 3. The molecular formula is C10H12N4. The van der Waals surface area contributed by atoms with Crippen LogP contribution in [-0.2, 0) is 0 Å². The third-order valence-electron chi connectivity index (χ3n) is 2.73. The van der Waals surface area contributed by atoms with Crippen LogP contribution in [0.4, 0.5) is 0 Å². The number of nitrogens with one attached hydrogen (secondary N) is 1. The molecule has 0 spiro atoms. The molecule has 2 aromatic heterocycles. The van der Waals surface area contributed by atoms with Gasteiger partial charge < -0.3 is 5.32 Å². The Bertz CT molecular complexity index is 409. The highest BCUT2D eigenvalue weighted by atomic mass is 15.1. The molecule has 3 heterocycles. The Morgan fingerprint density at radius 2 is 2.50 bits per heavy atom. The molecule has 1 atom stereocenters. The summed E-state index contributed by atoms with van der Waals surface area (Å²) >= 11 is 0. The quantitative estimate of drug-likeness (QED) is 0.720. The number of imidazole rings is 1. The zero-order valence-corrected chi connectivity index (χ0v) is 7.85. The lowest BCUT2D eigenvalue weighted by atomic mass is 10.1. The van der Waals surface area contributed by atoms with E-state index in [1.54, 1.807) is 6.20 Å². The molecule has 0 saturated carbocycles. The average Bonchev–Trinajstić information content (AvgIpc) is 2.86. The largest absolute Gasteiger partial charge is 0.316 e. The minimum Gasteiger partial charge on any atom is -0.316 e. The van der Waals surface area contributed by atoms with E-state index in [4.69, 9.17) is 0 Å². The molecule has 3 rings (SSSR count). The summed E-state index contributed by atoms with van der Waals surface area (Å²) in [7, 11) is 0. The molecule has 1 fully saturated rings. The van der Waals surface area contributed by atoms with Gasteiger partial charge in [0.05, 0.1) is 5.69 Å². The summed E-state index contributed by atoms with van der Waals surface area (Å²) in [6, 6.07) is 1.92. The first-order valence-electron chi connectivity index (χ1n) is 4.94. The second-order valence-corrected chi connectivity index (χ2v) is 3.68. The highest BCUT2D eigenvalue weighted by Crippen LogP contribution is 2.20. The fourth-order valence-corrected chi connectivity index (χ4v) is 1.95. The van der Waals surface area contributed by atoms with Crippen molar-refractivity contribution >= 4 is 5.78 Å². The number of hydrogen-bond acceptors (Lipinski definition) is 3. The van der Waals surface area contributed by atoms with Gasteiger partial charge in [-0.2, -0.15) is 0 Å². The van der Waals surface area contributed by atoms with Crippen molar-refractivity contribution in [3.8, 4) is 0 Å². The Balaban J connectivity index is 2.05. The molecule has 1 N–H and O–H groups in total. The summed E-state index contributed by atoms with van der Waals surface area (Å²) in [5.41, 5.74) is 1.16. The summed E-state index contributed by atoms with van der Waals surface area (Å²) in [4.78, 5) is 8.71. The predicted molar refractivity (Wildman–Crippen MR) is 53.2 cm³/mol. The Morgan fingerprint density at radius 3 is 3.29 bits per heavy atom. The Hall–Kier alpha value is -1.42. The van der Waals surface area contributed by atoms with Gasteiger partial charge in [-0.1, -0.05) is 0 Å². The average molecular weight is 188 g/mol. The molecule has 0 radical (unpaired) electrons. The van der Waals surface area contributed by atoms with Gasteiger partial charge in [0.25, 0.3) is 0 Å². The summed E-state index contributed by atoms with van der Waals surface area (Å²) < 4.78 is 1.98. The van der Waals surface area contributed by atoms with E-state index >= 15 is 0 Å². The summed E-state index contributed by atoms with van der Waals surface area (Å²) in [6.45, 7) is 2.15. The first kappa shape index (κ1) is 7.94. The van der Waals surface area contributed by atoms with Crippen LogP contribution in [0, 0.1) is 0 Å². The van der Waals surface area contributed by atoms with Crippen molar-refractivity contribution in [1.82, 2.24) is 19.7 Å². The first-order chi connectivity index (χ1) is 6.93. The normalized spacial score (nSPS) is 21.9. The van der Waals surface area contributed by atoms with Gasteiger partial charge in [0.2, 0.25) is 5.78 Å². The molecule has 1 saturated heterocycles. The topological polar surface area (TPSA) is 42.2 Å². The van der Waals surface area contributed by atoms with E-state index in [9.17, 15) is 0 Å². The Labute approximate surface area is 82.0 Å². The molecule has 2 aromatic rings. The maximum Gasteiger partial charge on any atom is 0.233 e. The van der Waals surface area contributed by atoms with Gasteiger partial charge in [-0.3, -0.25) is 4.40 Å². The number of rotatable bonds is 1. The van der Waals surface area contributed by atoms with Gasteiger partial charge in [0.15, 0.2) is 0 Å². The van der Waals surface area contributed by atoms with Crippen LogP contribution in [0.1, 0.15) is 18.0 Å².